The molecule has 0 heterocycles. The average Bonchev–Trinajstić information content (AvgIpc) is 3.21. The molecule has 3 heteroatoms. The number of nitrogens with two attached hydrogens (primary N) is 1. The summed E-state index contributed by atoms with van der Waals surface area (Å²) >= 11 is 0. The molecular formula is C17H24N2O. The van der Waals surface area contributed by atoms with E-state index < -0.39 is 0 Å². The summed E-state index contributed by atoms with van der Waals surface area (Å²) in [5, 5.41) is 3.29. The first-order valence-corrected chi connectivity index (χ1v) is 7.77. The first-order valence-electron chi connectivity index (χ1n) is 7.77. The average molecular weight is 272 g/mol. The minimum absolute atomic E-state index is 0.223. The van der Waals surface area contributed by atoms with Crippen LogP contribution in [0.1, 0.15) is 51.0 Å². The second-order valence-corrected chi connectivity index (χ2v) is 6.65. The lowest BCUT2D eigenvalue weighted by molar-refractivity contribution is -0.124. The number of hydrogen-bond acceptors (Lipinski definition) is 2. The van der Waals surface area contributed by atoms with Crippen LogP contribution in [0.2, 0.25) is 0 Å². The van der Waals surface area contributed by atoms with Crippen molar-refractivity contribution in [2.24, 2.45) is 5.92 Å². The number of nitrogens with one attached hydrogen (secondary N) is 1. The van der Waals surface area contributed by atoms with Gasteiger partial charge in [-0.2, -0.15) is 0 Å². The van der Waals surface area contributed by atoms with Crippen LogP contribution >= 0.6 is 0 Å². The molecule has 3 N–H and O–H groups in total. The van der Waals surface area contributed by atoms with Gasteiger partial charge in [0.15, 0.2) is 0 Å². The number of carbonyl (C=O) groups excluding carboxylic acids is 1. The first-order chi connectivity index (χ1) is 9.60. The fraction of sp³-hybridized carbons (Fsp3) is 0.588. The van der Waals surface area contributed by atoms with E-state index in [1.807, 2.05) is 24.3 Å². The van der Waals surface area contributed by atoms with Gasteiger partial charge in [-0.1, -0.05) is 31.9 Å². The van der Waals surface area contributed by atoms with E-state index in [0.717, 1.165) is 42.9 Å². The maximum Gasteiger partial charge on any atom is 0.230 e. The second kappa shape index (κ2) is 5.12. The summed E-state index contributed by atoms with van der Waals surface area (Å²) in [7, 11) is 0. The molecule has 1 aromatic carbocycles. The van der Waals surface area contributed by atoms with Gasteiger partial charge >= 0.3 is 0 Å². The Morgan fingerprint density at radius 1 is 1.25 bits per heavy atom. The van der Waals surface area contributed by atoms with Crippen molar-refractivity contribution in [2.75, 3.05) is 5.73 Å². The summed E-state index contributed by atoms with van der Waals surface area (Å²) in [6.45, 7) is 2.28. The molecule has 2 atom stereocenters. The van der Waals surface area contributed by atoms with Gasteiger partial charge in [-0.05, 0) is 49.3 Å². The fourth-order valence-electron chi connectivity index (χ4n) is 3.46. The van der Waals surface area contributed by atoms with E-state index in [4.69, 9.17) is 5.73 Å². The highest BCUT2D eigenvalue weighted by atomic mass is 16.2. The van der Waals surface area contributed by atoms with E-state index >= 15 is 0 Å². The third-order valence-corrected chi connectivity index (χ3v) is 4.92. The Kier molecular flexibility index (Phi) is 3.45. The molecule has 0 aliphatic heterocycles. The number of nitrogen functional groups attached to an aromatic ring is 1. The quantitative estimate of drug-likeness (QED) is 0.831. The van der Waals surface area contributed by atoms with Crippen molar-refractivity contribution in [2.45, 2.75) is 56.9 Å². The molecule has 2 aliphatic carbocycles. The fourth-order valence-corrected chi connectivity index (χ4v) is 3.46. The molecule has 0 bridgehead atoms. The second-order valence-electron chi connectivity index (χ2n) is 6.65. The number of amides is 1. The van der Waals surface area contributed by atoms with Crippen LogP contribution in [0.15, 0.2) is 24.3 Å². The molecule has 0 radical (unpaired) electrons. The van der Waals surface area contributed by atoms with Gasteiger partial charge in [0.05, 0.1) is 5.41 Å². The van der Waals surface area contributed by atoms with Crippen LogP contribution in [0.25, 0.3) is 0 Å². The predicted molar refractivity (Wildman–Crippen MR) is 81.3 cm³/mol. The van der Waals surface area contributed by atoms with Gasteiger partial charge in [0.1, 0.15) is 0 Å². The van der Waals surface area contributed by atoms with E-state index in [0.29, 0.717) is 6.04 Å². The molecule has 3 nitrogen and oxygen atoms in total. The highest BCUT2D eigenvalue weighted by molar-refractivity contribution is 5.91. The van der Waals surface area contributed by atoms with Crippen molar-refractivity contribution in [3.8, 4) is 0 Å². The minimum atomic E-state index is -0.269. The molecule has 1 aromatic rings. The number of carbonyl (C=O) groups is 1. The molecule has 3 rings (SSSR count). The van der Waals surface area contributed by atoms with Crippen LogP contribution in [0.3, 0.4) is 0 Å². The first kappa shape index (κ1) is 13.5. The van der Waals surface area contributed by atoms with E-state index in [9.17, 15) is 4.79 Å². The highest BCUT2D eigenvalue weighted by Crippen LogP contribution is 2.48. The molecule has 108 valence electrons. The zero-order chi connectivity index (χ0) is 14.2. The lowest BCUT2D eigenvalue weighted by atomic mass is 9.86. The third-order valence-electron chi connectivity index (χ3n) is 4.92. The maximum atomic E-state index is 12.6. The number of rotatable bonds is 3. The van der Waals surface area contributed by atoms with Gasteiger partial charge in [0.2, 0.25) is 5.91 Å². The highest BCUT2D eigenvalue weighted by Gasteiger charge is 2.51. The summed E-state index contributed by atoms with van der Waals surface area (Å²) in [4.78, 5) is 12.6. The Balaban J connectivity index is 1.68. The molecule has 20 heavy (non-hydrogen) atoms. The van der Waals surface area contributed by atoms with Crippen LogP contribution in [0.5, 0.6) is 0 Å². The number of anilines is 1. The van der Waals surface area contributed by atoms with Crippen LogP contribution in [0.4, 0.5) is 5.69 Å². The maximum absolute atomic E-state index is 12.6. The van der Waals surface area contributed by atoms with Crippen LogP contribution < -0.4 is 11.1 Å². The van der Waals surface area contributed by atoms with Crippen molar-refractivity contribution in [1.29, 1.82) is 0 Å². The van der Waals surface area contributed by atoms with Gasteiger partial charge in [-0.25, -0.2) is 0 Å². The van der Waals surface area contributed by atoms with Crippen LogP contribution in [-0.2, 0) is 10.2 Å². The van der Waals surface area contributed by atoms with E-state index in [1.54, 1.807) is 0 Å². The smallest absolute Gasteiger partial charge is 0.230 e. The van der Waals surface area contributed by atoms with Crippen molar-refractivity contribution in [3.63, 3.8) is 0 Å². The van der Waals surface area contributed by atoms with Crippen molar-refractivity contribution in [1.82, 2.24) is 5.32 Å². The Morgan fingerprint density at radius 2 is 1.95 bits per heavy atom. The Bertz CT molecular complexity index is 490. The summed E-state index contributed by atoms with van der Waals surface area (Å²) < 4.78 is 0. The molecule has 2 saturated carbocycles. The molecular weight excluding hydrogens is 248 g/mol. The molecule has 2 fully saturated rings. The summed E-state index contributed by atoms with van der Waals surface area (Å²) in [6.07, 6.45) is 6.73. The Morgan fingerprint density at radius 3 is 2.55 bits per heavy atom. The van der Waals surface area contributed by atoms with E-state index in [1.165, 1.54) is 12.8 Å². The van der Waals surface area contributed by atoms with Crippen LogP contribution in [0, 0.1) is 5.92 Å². The predicted octanol–water partition coefficient (Wildman–Crippen LogP) is 3.00. The molecule has 0 spiro atoms. The lowest BCUT2D eigenvalue weighted by Gasteiger charge is -2.29. The van der Waals surface area contributed by atoms with Gasteiger partial charge in [0.25, 0.3) is 0 Å². The largest absolute Gasteiger partial charge is 0.399 e. The van der Waals surface area contributed by atoms with E-state index in [2.05, 4.69) is 12.2 Å². The zero-order valence-electron chi connectivity index (χ0n) is 12.2. The summed E-state index contributed by atoms with van der Waals surface area (Å²) in [5.74, 6) is 0.960. The summed E-state index contributed by atoms with van der Waals surface area (Å²) in [5.41, 5.74) is 7.34. The molecule has 2 unspecified atom stereocenters. The van der Waals surface area contributed by atoms with Gasteiger partial charge < -0.3 is 11.1 Å². The normalized spacial score (nSPS) is 27.9. The van der Waals surface area contributed by atoms with E-state index in [-0.39, 0.29) is 11.3 Å². The molecule has 0 aromatic heterocycles. The molecule has 0 saturated heterocycles. The SMILES string of the molecule is CC1CCCC(NC(=O)C2(c3ccc(N)cc3)CC2)C1. The summed E-state index contributed by atoms with van der Waals surface area (Å²) in [6, 6.07) is 8.17. The number of hydrogen-bond donors (Lipinski definition) is 2. The van der Waals surface area contributed by atoms with Gasteiger partial charge in [-0.3, -0.25) is 4.79 Å². The molecule has 1 amide bonds. The Labute approximate surface area is 120 Å². The zero-order valence-corrected chi connectivity index (χ0v) is 12.2. The van der Waals surface area contributed by atoms with Gasteiger partial charge in [0, 0.05) is 11.7 Å². The van der Waals surface area contributed by atoms with Crippen molar-refractivity contribution < 1.29 is 4.79 Å². The standard InChI is InChI=1S/C17H24N2O/c1-12-3-2-4-15(11-12)19-16(20)17(9-10-17)13-5-7-14(18)8-6-13/h5-8,12,15H,2-4,9-11,18H2,1H3,(H,19,20). The van der Waals surface area contributed by atoms with Crippen molar-refractivity contribution >= 4 is 11.6 Å². The topological polar surface area (TPSA) is 55.1 Å². The van der Waals surface area contributed by atoms with Crippen molar-refractivity contribution in [3.05, 3.63) is 29.8 Å². The monoisotopic (exact) mass is 272 g/mol. The third kappa shape index (κ3) is 2.54. The van der Waals surface area contributed by atoms with Crippen LogP contribution in [-0.4, -0.2) is 11.9 Å². The molecule has 2 aliphatic rings. The Hall–Kier alpha value is -1.51. The lowest BCUT2D eigenvalue weighted by Crippen LogP contribution is -2.43. The number of benzene rings is 1. The minimum Gasteiger partial charge on any atom is -0.399 e. The van der Waals surface area contributed by atoms with Gasteiger partial charge in [-0.15, -0.1) is 0 Å².